The fraction of sp³-hybridized carbons (Fsp3) is 0.200. The Bertz CT molecular complexity index is 1140. The van der Waals surface area contributed by atoms with Gasteiger partial charge in [-0.15, -0.1) is 0 Å². The lowest BCUT2D eigenvalue weighted by molar-refractivity contribution is 0.0955. The number of anilines is 1. The zero-order chi connectivity index (χ0) is 22.5. The van der Waals surface area contributed by atoms with Crippen LogP contribution in [0.3, 0.4) is 0 Å². The van der Waals surface area contributed by atoms with E-state index in [4.69, 9.17) is 14.2 Å². The number of hydrazone groups is 1. The largest absolute Gasteiger partial charge is 0.497 e. The van der Waals surface area contributed by atoms with Crippen LogP contribution in [0.4, 0.5) is 5.69 Å². The molecule has 0 spiro atoms. The second-order valence-electron chi connectivity index (χ2n) is 7.34. The van der Waals surface area contributed by atoms with Gasteiger partial charge < -0.3 is 19.1 Å². The highest BCUT2D eigenvalue weighted by molar-refractivity contribution is 5.95. The van der Waals surface area contributed by atoms with Gasteiger partial charge in [0.2, 0.25) is 0 Å². The van der Waals surface area contributed by atoms with Gasteiger partial charge in [-0.1, -0.05) is 6.07 Å². The van der Waals surface area contributed by atoms with Crippen LogP contribution < -0.4 is 24.5 Å². The summed E-state index contributed by atoms with van der Waals surface area (Å²) in [5.41, 5.74) is 7.36. The monoisotopic (exact) mass is 431 g/mol. The molecule has 0 bridgehead atoms. The Balaban J connectivity index is 1.42. The summed E-state index contributed by atoms with van der Waals surface area (Å²) in [6.45, 7) is 1.55. The Morgan fingerprint density at radius 1 is 0.875 bits per heavy atom. The van der Waals surface area contributed by atoms with Crippen LogP contribution in [0, 0.1) is 0 Å². The Labute approximate surface area is 187 Å². The first-order valence-electron chi connectivity index (χ1n) is 10.2. The number of methoxy groups -OCH3 is 3. The van der Waals surface area contributed by atoms with Crippen LogP contribution in [-0.4, -0.2) is 33.5 Å². The lowest BCUT2D eigenvalue weighted by Crippen LogP contribution is -2.18. The number of carbonyl (C=O) groups is 1. The number of benzene rings is 3. The van der Waals surface area contributed by atoms with Crippen molar-refractivity contribution in [1.29, 1.82) is 0 Å². The van der Waals surface area contributed by atoms with E-state index in [1.165, 1.54) is 5.56 Å². The summed E-state index contributed by atoms with van der Waals surface area (Å²) in [5, 5.41) is 4.09. The van der Waals surface area contributed by atoms with E-state index in [1.807, 2.05) is 48.5 Å². The van der Waals surface area contributed by atoms with Crippen LogP contribution in [-0.2, 0) is 13.1 Å². The second kappa shape index (κ2) is 9.43. The van der Waals surface area contributed by atoms with Crippen molar-refractivity contribution in [3.05, 3.63) is 82.9 Å². The Morgan fingerprint density at radius 3 is 2.31 bits per heavy atom. The number of ether oxygens (including phenoxy) is 3. The molecule has 3 aromatic rings. The molecule has 32 heavy (non-hydrogen) atoms. The molecule has 164 valence electrons. The molecule has 1 heterocycles. The third-order valence-electron chi connectivity index (χ3n) is 5.44. The van der Waals surface area contributed by atoms with Gasteiger partial charge in [0.1, 0.15) is 17.2 Å². The van der Waals surface area contributed by atoms with Crippen molar-refractivity contribution < 1.29 is 19.0 Å². The minimum Gasteiger partial charge on any atom is -0.497 e. The molecule has 0 atom stereocenters. The molecule has 1 aliphatic heterocycles. The van der Waals surface area contributed by atoms with Crippen LogP contribution >= 0.6 is 0 Å². The van der Waals surface area contributed by atoms with Gasteiger partial charge in [0.25, 0.3) is 5.91 Å². The molecule has 0 aliphatic carbocycles. The quantitative estimate of drug-likeness (QED) is 0.452. The molecule has 0 radical (unpaired) electrons. The van der Waals surface area contributed by atoms with Crippen molar-refractivity contribution in [3.8, 4) is 17.2 Å². The maximum atomic E-state index is 12.6. The van der Waals surface area contributed by atoms with Crippen molar-refractivity contribution in [1.82, 2.24) is 5.43 Å². The van der Waals surface area contributed by atoms with E-state index in [1.54, 1.807) is 39.7 Å². The molecule has 0 saturated carbocycles. The molecule has 0 aromatic heterocycles. The van der Waals surface area contributed by atoms with E-state index in [2.05, 4.69) is 15.4 Å². The van der Waals surface area contributed by atoms with Crippen molar-refractivity contribution >= 4 is 17.8 Å². The number of hydrogen-bond donors (Lipinski definition) is 1. The molecule has 1 N–H and O–H groups in total. The molecule has 1 amide bonds. The first-order chi connectivity index (χ1) is 15.6. The Morgan fingerprint density at radius 2 is 1.59 bits per heavy atom. The molecule has 1 aliphatic rings. The van der Waals surface area contributed by atoms with Crippen LogP contribution in [0.5, 0.6) is 17.2 Å². The summed E-state index contributed by atoms with van der Waals surface area (Å²) >= 11 is 0. The third-order valence-corrected chi connectivity index (χ3v) is 5.44. The van der Waals surface area contributed by atoms with Gasteiger partial charge in [-0.05, 0) is 59.7 Å². The topological polar surface area (TPSA) is 72.4 Å². The Hall–Kier alpha value is -4.00. The highest BCUT2D eigenvalue weighted by Crippen LogP contribution is 2.30. The van der Waals surface area contributed by atoms with E-state index >= 15 is 0 Å². The summed E-state index contributed by atoms with van der Waals surface area (Å²) in [4.78, 5) is 14.9. The molecule has 7 nitrogen and oxygen atoms in total. The summed E-state index contributed by atoms with van der Waals surface area (Å²) in [6, 6.07) is 19.1. The fourth-order valence-electron chi connectivity index (χ4n) is 3.66. The zero-order valence-electron chi connectivity index (χ0n) is 18.3. The van der Waals surface area contributed by atoms with E-state index in [0.29, 0.717) is 17.1 Å². The van der Waals surface area contributed by atoms with Crippen LogP contribution in [0.1, 0.15) is 27.0 Å². The number of hydrogen-bond acceptors (Lipinski definition) is 6. The van der Waals surface area contributed by atoms with Crippen LogP contribution in [0.2, 0.25) is 0 Å². The molecule has 4 rings (SSSR count). The number of carbonyl (C=O) groups excluding carboxylic acids is 1. The molecule has 0 saturated heterocycles. The first kappa shape index (κ1) is 21.2. The molecular formula is C25H25N3O4. The van der Waals surface area contributed by atoms with E-state index < -0.39 is 0 Å². The maximum absolute atomic E-state index is 12.6. The molecule has 3 aromatic carbocycles. The van der Waals surface area contributed by atoms with E-state index in [0.717, 1.165) is 35.7 Å². The van der Waals surface area contributed by atoms with Crippen molar-refractivity contribution in [2.24, 2.45) is 5.10 Å². The number of fused-ring (bicyclic) bond motifs is 1. The lowest BCUT2D eigenvalue weighted by atomic mass is 10.1. The highest BCUT2D eigenvalue weighted by Gasteiger charge is 2.20. The van der Waals surface area contributed by atoms with Crippen molar-refractivity contribution in [3.63, 3.8) is 0 Å². The van der Waals surface area contributed by atoms with E-state index in [9.17, 15) is 4.79 Å². The predicted octanol–water partition coefficient (Wildman–Crippen LogP) is 4.00. The number of amides is 1. The van der Waals surface area contributed by atoms with E-state index in [-0.39, 0.29) is 5.91 Å². The Kier molecular flexibility index (Phi) is 6.26. The second-order valence-corrected chi connectivity index (χ2v) is 7.34. The van der Waals surface area contributed by atoms with Gasteiger partial charge in [-0.25, -0.2) is 5.43 Å². The summed E-state index contributed by atoms with van der Waals surface area (Å²) in [7, 11) is 4.82. The normalized spacial score (nSPS) is 12.5. The van der Waals surface area contributed by atoms with Gasteiger partial charge in [0, 0.05) is 36.0 Å². The lowest BCUT2D eigenvalue weighted by Gasteiger charge is -2.17. The van der Waals surface area contributed by atoms with Crippen molar-refractivity contribution in [2.75, 3.05) is 26.2 Å². The average Bonchev–Trinajstić information content (AvgIpc) is 3.27. The van der Waals surface area contributed by atoms with Gasteiger partial charge in [-0.2, -0.15) is 5.10 Å². The highest BCUT2D eigenvalue weighted by atomic mass is 16.5. The molecule has 0 unspecified atom stereocenters. The van der Waals surface area contributed by atoms with Crippen LogP contribution in [0.15, 0.2) is 65.8 Å². The molecular weight excluding hydrogens is 406 g/mol. The number of nitrogens with zero attached hydrogens (tertiary/aromatic N) is 2. The summed E-state index contributed by atoms with van der Waals surface area (Å²) in [6.07, 6.45) is 1.55. The smallest absolute Gasteiger partial charge is 0.271 e. The van der Waals surface area contributed by atoms with Gasteiger partial charge >= 0.3 is 0 Å². The summed E-state index contributed by atoms with van der Waals surface area (Å²) in [5.74, 6) is 1.86. The first-order valence-corrected chi connectivity index (χ1v) is 10.2. The van der Waals surface area contributed by atoms with Crippen molar-refractivity contribution in [2.45, 2.75) is 13.1 Å². The average molecular weight is 431 g/mol. The number of rotatable bonds is 7. The van der Waals surface area contributed by atoms with Gasteiger partial charge in [0.15, 0.2) is 0 Å². The summed E-state index contributed by atoms with van der Waals surface area (Å²) < 4.78 is 15.8. The number of nitrogens with one attached hydrogen (secondary N) is 1. The fourth-order valence-corrected chi connectivity index (χ4v) is 3.66. The molecule has 7 heteroatoms. The SMILES string of the molecule is COc1ccc(N2Cc3ccc(C(=O)N/N=C\c4ccc(OC)cc4OC)cc3C2)cc1. The van der Waals surface area contributed by atoms with Crippen LogP contribution in [0.25, 0.3) is 0 Å². The third kappa shape index (κ3) is 4.51. The predicted molar refractivity (Wildman–Crippen MR) is 124 cm³/mol. The minimum atomic E-state index is -0.264. The zero-order valence-corrected chi connectivity index (χ0v) is 18.3. The van der Waals surface area contributed by atoms with Gasteiger partial charge in [-0.3, -0.25) is 4.79 Å². The van der Waals surface area contributed by atoms with Gasteiger partial charge in [0.05, 0.1) is 27.5 Å². The standard InChI is InChI=1S/C25H25N3O4/c1-30-22-10-7-21(8-11-22)28-15-19-5-4-17(12-20(19)16-28)25(29)27-26-14-18-6-9-23(31-2)13-24(18)32-3/h4-14H,15-16H2,1-3H3,(H,27,29)/b26-14-. The minimum absolute atomic E-state index is 0.264. The molecule has 0 fully saturated rings. The maximum Gasteiger partial charge on any atom is 0.271 e.